The van der Waals surface area contributed by atoms with E-state index >= 15 is 0 Å². The van der Waals surface area contributed by atoms with Crippen molar-refractivity contribution in [2.45, 2.75) is 11.9 Å². The quantitative estimate of drug-likeness (QED) is 0.700. The SMILES string of the molecule is Cc1noc(-c2ccc(SCC(=O)Nc3ccc(F)cc3F)nc2)n1. The third-order valence-electron chi connectivity index (χ3n) is 3.07. The summed E-state index contributed by atoms with van der Waals surface area (Å²) >= 11 is 1.18. The van der Waals surface area contributed by atoms with E-state index in [0.717, 1.165) is 6.07 Å². The number of amides is 1. The van der Waals surface area contributed by atoms with Gasteiger partial charge in [0.2, 0.25) is 5.91 Å². The van der Waals surface area contributed by atoms with Crippen molar-refractivity contribution in [2.75, 3.05) is 11.1 Å². The van der Waals surface area contributed by atoms with Gasteiger partial charge in [0.05, 0.1) is 22.0 Å². The van der Waals surface area contributed by atoms with E-state index in [1.54, 1.807) is 25.3 Å². The van der Waals surface area contributed by atoms with Crippen LogP contribution in [0.25, 0.3) is 11.5 Å². The van der Waals surface area contributed by atoms with Crippen molar-refractivity contribution < 1.29 is 18.1 Å². The molecule has 0 spiro atoms. The molecule has 0 bridgehead atoms. The molecule has 0 saturated carbocycles. The number of pyridine rings is 1. The number of anilines is 1. The van der Waals surface area contributed by atoms with Crippen LogP contribution in [0.2, 0.25) is 0 Å². The van der Waals surface area contributed by atoms with Crippen LogP contribution in [0.1, 0.15) is 5.82 Å². The number of rotatable bonds is 5. The Kier molecular flexibility index (Phi) is 5.03. The maximum absolute atomic E-state index is 13.5. The smallest absolute Gasteiger partial charge is 0.259 e. The average Bonchev–Trinajstić information content (AvgIpc) is 3.02. The monoisotopic (exact) mass is 362 g/mol. The largest absolute Gasteiger partial charge is 0.334 e. The van der Waals surface area contributed by atoms with Crippen LogP contribution in [-0.4, -0.2) is 26.8 Å². The van der Waals surface area contributed by atoms with E-state index in [1.165, 1.54) is 17.8 Å². The molecule has 0 radical (unpaired) electrons. The molecule has 9 heteroatoms. The molecule has 1 aromatic carbocycles. The lowest BCUT2D eigenvalue weighted by Gasteiger charge is -2.06. The second-order valence-electron chi connectivity index (χ2n) is 4.99. The Labute approximate surface area is 145 Å². The number of carbonyl (C=O) groups excluding carboxylic acids is 1. The Morgan fingerprint density at radius 2 is 2.12 bits per heavy atom. The summed E-state index contributed by atoms with van der Waals surface area (Å²) in [6.45, 7) is 1.72. The zero-order valence-corrected chi connectivity index (χ0v) is 13.8. The summed E-state index contributed by atoms with van der Waals surface area (Å²) in [5.74, 6) is -1.03. The lowest BCUT2D eigenvalue weighted by atomic mass is 10.3. The molecule has 1 amide bonds. The average molecular weight is 362 g/mol. The van der Waals surface area contributed by atoms with Crippen LogP contribution in [-0.2, 0) is 4.79 Å². The Hall–Kier alpha value is -2.81. The number of nitrogens with zero attached hydrogens (tertiary/aromatic N) is 3. The molecule has 6 nitrogen and oxygen atoms in total. The fourth-order valence-corrected chi connectivity index (χ4v) is 2.57. The zero-order chi connectivity index (χ0) is 17.8. The Balaban J connectivity index is 1.57. The molecule has 0 aliphatic heterocycles. The van der Waals surface area contributed by atoms with Gasteiger partial charge in [-0.3, -0.25) is 4.79 Å². The highest BCUT2D eigenvalue weighted by molar-refractivity contribution is 7.99. The van der Waals surface area contributed by atoms with E-state index in [1.807, 2.05) is 0 Å². The standard InChI is InChI=1S/C16H12F2N4O2S/c1-9-20-16(24-22-9)10-2-5-15(19-7-10)25-8-14(23)21-13-4-3-11(17)6-12(13)18/h2-7H,8H2,1H3,(H,21,23). The highest BCUT2D eigenvalue weighted by atomic mass is 32.2. The highest BCUT2D eigenvalue weighted by Crippen LogP contribution is 2.21. The molecule has 25 heavy (non-hydrogen) atoms. The highest BCUT2D eigenvalue weighted by Gasteiger charge is 2.10. The molecule has 3 rings (SSSR count). The van der Waals surface area contributed by atoms with E-state index in [4.69, 9.17) is 4.52 Å². The van der Waals surface area contributed by atoms with E-state index in [0.29, 0.717) is 28.4 Å². The molecule has 0 fully saturated rings. The van der Waals surface area contributed by atoms with E-state index in [2.05, 4.69) is 20.4 Å². The Morgan fingerprint density at radius 1 is 1.28 bits per heavy atom. The first-order chi connectivity index (χ1) is 12.0. The van der Waals surface area contributed by atoms with Gasteiger partial charge in [0.15, 0.2) is 5.82 Å². The molecule has 128 valence electrons. The first-order valence-electron chi connectivity index (χ1n) is 7.16. The summed E-state index contributed by atoms with van der Waals surface area (Å²) in [7, 11) is 0. The minimum absolute atomic E-state index is 0.0306. The first-order valence-corrected chi connectivity index (χ1v) is 8.14. The molecule has 0 saturated heterocycles. The maximum atomic E-state index is 13.5. The number of nitrogens with one attached hydrogen (secondary N) is 1. The van der Waals surface area contributed by atoms with Gasteiger partial charge < -0.3 is 9.84 Å². The normalized spacial score (nSPS) is 10.7. The van der Waals surface area contributed by atoms with Crippen LogP contribution >= 0.6 is 11.8 Å². The molecule has 0 atom stereocenters. The number of aryl methyl sites for hydroxylation is 1. The summed E-state index contributed by atoms with van der Waals surface area (Å²) in [5, 5.41) is 6.69. The van der Waals surface area contributed by atoms with Crippen molar-refractivity contribution in [2.24, 2.45) is 0 Å². The number of aromatic nitrogens is 3. The van der Waals surface area contributed by atoms with Gasteiger partial charge in [-0.25, -0.2) is 13.8 Å². The molecule has 1 N–H and O–H groups in total. The summed E-state index contributed by atoms with van der Waals surface area (Å²) < 4.78 is 31.4. The second kappa shape index (κ2) is 7.39. The summed E-state index contributed by atoms with van der Waals surface area (Å²) in [6.07, 6.45) is 1.56. The first kappa shape index (κ1) is 17.0. The van der Waals surface area contributed by atoms with Gasteiger partial charge in [0, 0.05) is 12.3 Å². The van der Waals surface area contributed by atoms with Gasteiger partial charge in [0.25, 0.3) is 5.89 Å². The van der Waals surface area contributed by atoms with Crippen molar-refractivity contribution >= 4 is 23.4 Å². The number of hydrogen-bond donors (Lipinski definition) is 1. The molecule has 2 heterocycles. The van der Waals surface area contributed by atoms with Crippen molar-refractivity contribution in [3.05, 3.63) is 54.0 Å². The third kappa shape index (κ3) is 4.38. The molecular formula is C16H12F2N4O2S. The lowest BCUT2D eigenvalue weighted by Crippen LogP contribution is -2.15. The predicted molar refractivity (Wildman–Crippen MR) is 88.0 cm³/mol. The van der Waals surface area contributed by atoms with Crippen LogP contribution in [0.5, 0.6) is 0 Å². The van der Waals surface area contributed by atoms with Gasteiger partial charge in [0.1, 0.15) is 11.6 Å². The van der Waals surface area contributed by atoms with Gasteiger partial charge in [-0.05, 0) is 31.2 Å². The lowest BCUT2D eigenvalue weighted by molar-refractivity contribution is -0.113. The third-order valence-corrected chi connectivity index (χ3v) is 4.01. The van der Waals surface area contributed by atoms with Crippen molar-refractivity contribution in [3.63, 3.8) is 0 Å². The number of halogens is 2. The van der Waals surface area contributed by atoms with Gasteiger partial charge >= 0.3 is 0 Å². The van der Waals surface area contributed by atoms with E-state index < -0.39 is 17.5 Å². The van der Waals surface area contributed by atoms with Crippen LogP contribution in [0.15, 0.2) is 46.1 Å². The van der Waals surface area contributed by atoms with Crippen LogP contribution in [0, 0.1) is 18.6 Å². The molecule has 0 unspecified atom stereocenters. The predicted octanol–water partition coefficient (Wildman–Crippen LogP) is 3.45. The van der Waals surface area contributed by atoms with Crippen molar-refractivity contribution in [1.29, 1.82) is 0 Å². The van der Waals surface area contributed by atoms with Crippen LogP contribution in [0.3, 0.4) is 0 Å². The minimum atomic E-state index is -0.823. The van der Waals surface area contributed by atoms with E-state index in [-0.39, 0.29) is 11.4 Å². The summed E-state index contributed by atoms with van der Waals surface area (Å²) in [5.41, 5.74) is 0.602. The maximum Gasteiger partial charge on any atom is 0.259 e. The van der Waals surface area contributed by atoms with Gasteiger partial charge in [-0.2, -0.15) is 4.98 Å². The van der Waals surface area contributed by atoms with Gasteiger partial charge in [-0.15, -0.1) is 0 Å². The number of benzene rings is 1. The summed E-state index contributed by atoms with van der Waals surface area (Å²) in [4.78, 5) is 20.2. The summed E-state index contributed by atoms with van der Waals surface area (Å²) in [6, 6.07) is 6.42. The van der Waals surface area contributed by atoms with Crippen LogP contribution in [0.4, 0.5) is 14.5 Å². The minimum Gasteiger partial charge on any atom is -0.334 e. The number of thioether (sulfide) groups is 1. The molecule has 2 aromatic heterocycles. The Morgan fingerprint density at radius 3 is 2.76 bits per heavy atom. The Bertz CT molecular complexity index is 899. The molecular weight excluding hydrogens is 350 g/mol. The fraction of sp³-hybridized carbons (Fsp3) is 0.125. The number of carbonyl (C=O) groups is 1. The topological polar surface area (TPSA) is 80.9 Å². The van der Waals surface area contributed by atoms with Crippen LogP contribution < -0.4 is 5.32 Å². The zero-order valence-electron chi connectivity index (χ0n) is 13.0. The molecule has 0 aliphatic rings. The van der Waals surface area contributed by atoms with Crippen molar-refractivity contribution in [1.82, 2.24) is 15.1 Å². The van der Waals surface area contributed by atoms with Crippen molar-refractivity contribution in [3.8, 4) is 11.5 Å². The van der Waals surface area contributed by atoms with Gasteiger partial charge in [-0.1, -0.05) is 16.9 Å². The van der Waals surface area contributed by atoms with E-state index in [9.17, 15) is 13.6 Å². The molecule has 0 aliphatic carbocycles. The fourth-order valence-electron chi connectivity index (χ4n) is 1.92. The second-order valence-corrected chi connectivity index (χ2v) is 5.99. The number of hydrogen-bond acceptors (Lipinski definition) is 6. The molecule has 3 aromatic rings.